The van der Waals surface area contributed by atoms with E-state index >= 15 is 0 Å². The lowest BCUT2D eigenvalue weighted by Gasteiger charge is -2.36. The van der Waals surface area contributed by atoms with E-state index in [1.807, 2.05) is 91.8 Å². The van der Waals surface area contributed by atoms with Gasteiger partial charge in [0.1, 0.15) is 17.0 Å². The third-order valence-corrected chi connectivity index (χ3v) is 9.05. The molecule has 2 N–H and O–H groups in total. The number of fused-ring (bicyclic) bond motifs is 1. The molecule has 0 radical (unpaired) electrons. The molecule has 2 aliphatic rings. The molecule has 2 fully saturated rings. The number of aromatic nitrogens is 4. The summed E-state index contributed by atoms with van der Waals surface area (Å²) in [5, 5.41) is 19.3. The standard InChI is InChI=1S/C30H36B2N4O5/c1-18-13-24(36-35-18)23-12-11-21(16-33-23)31-40-29(6,7)30(8,41-31)15-20-10-9-19-14-22(17-34-25(19)26(20)37)32-38-27(2,3)28(4,5)39-32/h9-14,16-17,37H,15H2,1-8H3,(H,35,36). The Balaban J connectivity index is 1.22. The predicted molar refractivity (Wildman–Crippen MR) is 159 cm³/mol. The highest BCUT2D eigenvalue weighted by molar-refractivity contribution is 6.62. The predicted octanol–water partition coefficient (Wildman–Crippen LogP) is 3.86. The average molecular weight is 554 g/mol. The normalized spacial score (nSPS) is 23.0. The molecular formula is C30H36B2N4O5. The van der Waals surface area contributed by atoms with Gasteiger partial charge in [-0.25, -0.2) is 0 Å². The molecule has 212 valence electrons. The summed E-state index contributed by atoms with van der Waals surface area (Å²) in [6.07, 6.45) is 3.91. The van der Waals surface area contributed by atoms with Crippen LogP contribution in [0, 0.1) is 6.92 Å². The third-order valence-electron chi connectivity index (χ3n) is 9.05. The zero-order valence-electron chi connectivity index (χ0n) is 24.9. The van der Waals surface area contributed by atoms with Gasteiger partial charge in [-0.1, -0.05) is 24.3 Å². The summed E-state index contributed by atoms with van der Waals surface area (Å²) in [5.41, 5.74) is 3.15. The quantitative estimate of drug-likeness (QED) is 0.358. The van der Waals surface area contributed by atoms with E-state index in [2.05, 4.69) is 20.2 Å². The van der Waals surface area contributed by atoms with E-state index < -0.39 is 36.6 Å². The molecule has 9 nitrogen and oxygen atoms in total. The Morgan fingerprint density at radius 3 is 2.05 bits per heavy atom. The highest BCUT2D eigenvalue weighted by atomic mass is 16.7. The maximum absolute atomic E-state index is 11.3. The van der Waals surface area contributed by atoms with E-state index in [9.17, 15) is 5.11 Å². The van der Waals surface area contributed by atoms with Gasteiger partial charge in [0.05, 0.1) is 28.1 Å². The molecular weight excluding hydrogens is 518 g/mol. The number of aromatic hydroxyl groups is 1. The SMILES string of the molecule is Cc1cc(-c2ccc(B3OC(C)(C)C(C)(Cc4ccc5cc(B6OC(C)(C)C(C)(C)O6)cnc5c4O)O3)cn2)n[nH]1. The zero-order valence-corrected chi connectivity index (χ0v) is 24.9. The van der Waals surface area contributed by atoms with Crippen LogP contribution in [0.3, 0.4) is 0 Å². The van der Waals surface area contributed by atoms with Crippen molar-refractivity contribution in [2.75, 3.05) is 0 Å². The van der Waals surface area contributed by atoms with Crippen LogP contribution in [0.25, 0.3) is 22.3 Å². The van der Waals surface area contributed by atoms with Crippen LogP contribution in [0.15, 0.2) is 48.8 Å². The van der Waals surface area contributed by atoms with Gasteiger partial charge in [-0.05, 0) is 73.1 Å². The number of aromatic amines is 1. The Hall–Kier alpha value is -3.24. The van der Waals surface area contributed by atoms with Gasteiger partial charge in [0.15, 0.2) is 0 Å². The first-order chi connectivity index (χ1) is 19.2. The van der Waals surface area contributed by atoms with Crippen LogP contribution in [-0.2, 0) is 25.0 Å². The number of hydrogen-bond donors (Lipinski definition) is 2. The fourth-order valence-electron chi connectivity index (χ4n) is 5.29. The second-order valence-corrected chi connectivity index (χ2v) is 12.9. The largest absolute Gasteiger partial charge is 0.505 e. The van der Waals surface area contributed by atoms with Crippen molar-refractivity contribution in [3.63, 3.8) is 0 Å². The molecule has 0 bridgehead atoms. The van der Waals surface area contributed by atoms with E-state index in [0.29, 0.717) is 11.9 Å². The first-order valence-corrected chi connectivity index (χ1v) is 14.0. The molecule has 1 aromatic carbocycles. The summed E-state index contributed by atoms with van der Waals surface area (Å²) in [6, 6.07) is 11.7. The fraction of sp³-hybridized carbons (Fsp3) is 0.433. The molecule has 0 saturated carbocycles. The zero-order chi connectivity index (χ0) is 29.4. The van der Waals surface area contributed by atoms with Gasteiger partial charge in [-0.2, -0.15) is 5.10 Å². The van der Waals surface area contributed by atoms with E-state index in [1.54, 1.807) is 12.4 Å². The Morgan fingerprint density at radius 2 is 1.41 bits per heavy atom. The number of H-pyrrole nitrogens is 1. The van der Waals surface area contributed by atoms with E-state index in [4.69, 9.17) is 18.6 Å². The lowest BCUT2D eigenvalue weighted by Crippen LogP contribution is -2.46. The van der Waals surface area contributed by atoms with Crippen molar-refractivity contribution in [2.45, 2.75) is 84.2 Å². The first kappa shape index (κ1) is 27.9. The van der Waals surface area contributed by atoms with Crippen LogP contribution in [0.1, 0.15) is 59.7 Å². The van der Waals surface area contributed by atoms with Gasteiger partial charge in [-0.3, -0.25) is 15.1 Å². The number of nitrogens with one attached hydrogen (secondary N) is 1. The van der Waals surface area contributed by atoms with Gasteiger partial charge in [-0.15, -0.1) is 0 Å². The minimum atomic E-state index is -0.733. The number of aryl methyl sites for hydroxylation is 1. The lowest BCUT2D eigenvalue weighted by molar-refractivity contribution is -0.00906. The molecule has 1 unspecified atom stereocenters. The van der Waals surface area contributed by atoms with Crippen molar-refractivity contribution in [3.05, 3.63) is 60.0 Å². The number of pyridine rings is 2. The van der Waals surface area contributed by atoms with E-state index in [-0.39, 0.29) is 5.75 Å². The number of hydrogen-bond acceptors (Lipinski definition) is 8. The van der Waals surface area contributed by atoms with Crippen LogP contribution in [0.4, 0.5) is 0 Å². The summed E-state index contributed by atoms with van der Waals surface area (Å²) in [5.74, 6) is 0.132. The third kappa shape index (κ3) is 4.74. The van der Waals surface area contributed by atoms with Crippen molar-refractivity contribution >= 4 is 36.1 Å². The molecule has 41 heavy (non-hydrogen) atoms. The first-order valence-electron chi connectivity index (χ1n) is 14.0. The second kappa shape index (κ2) is 9.39. The Bertz CT molecular complexity index is 1610. The molecule has 1 atom stereocenters. The highest BCUT2D eigenvalue weighted by Crippen LogP contribution is 2.42. The number of phenols is 1. The minimum Gasteiger partial charge on any atom is -0.505 e. The van der Waals surface area contributed by atoms with Crippen LogP contribution in [0.2, 0.25) is 0 Å². The molecule has 3 aromatic heterocycles. The molecule has 0 amide bonds. The highest BCUT2D eigenvalue weighted by Gasteiger charge is 2.55. The van der Waals surface area contributed by atoms with Crippen LogP contribution in [-0.4, -0.2) is 61.9 Å². The summed E-state index contributed by atoms with van der Waals surface area (Å²) in [6.45, 7) is 16.1. The van der Waals surface area contributed by atoms with E-state index in [0.717, 1.165) is 39.0 Å². The second-order valence-electron chi connectivity index (χ2n) is 12.9. The molecule has 2 saturated heterocycles. The van der Waals surface area contributed by atoms with E-state index in [1.165, 1.54) is 0 Å². The molecule has 0 spiro atoms. The Morgan fingerprint density at radius 1 is 0.756 bits per heavy atom. The van der Waals surface area contributed by atoms with Crippen molar-refractivity contribution < 1.29 is 23.7 Å². The van der Waals surface area contributed by atoms with Gasteiger partial charge in [0.25, 0.3) is 0 Å². The van der Waals surface area contributed by atoms with Gasteiger partial charge < -0.3 is 23.7 Å². The topological polar surface area (TPSA) is 112 Å². The van der Waals surface area contributed by atoms with Gasteiger partial charge in [0.2, 0.25) is 0 Å². The molecule has 2 aliphatic heterocycles. The molecule has 0 aliphatic carbocycles. The monoisotopic (exact) mass is 554 g/mol. The van der Waals surface area contributed by atoms with Crippen LogP contribution in [0.5, 0.6) is 5.75 Å². The summed E-state index contributed by atoms with van der Waals surface area (Å²) in [4.78, 5) is 9.19. The molecule has 11 heteroatoms. The summed E-state index contributed by atoms with van der Waals surface area (Å²) >= 11 is 0. The van der Waals surface area contributed by atoms with Crippen LogP contribution < -0.4 is 10.9 Å². The van der Waals surface area contributed by atoms with Crippen molar-refractivity contribution in [1.29, 1.82) is 0 Å². The molecule has 5 heterocycles. The number of benzene rings is 1. The van der Waals surface area contributed by atoms with Crippen molar-refractivity contribution in [3.8, 4) is 17.1 Å². The maximum Gasteiger partial charge on any atom is 0.496 e. The molecule has 6 rings (SSSR count). The van der Waals surface area contributed by atoms with Crippen molar-refractivity contribution in [1.82, 2.24) is 20.2 Å². The Labute approximate surface area is 241 Å². The number of phenolic OH excluding ortho intramolecular Hbond substituents is 1. The smallest absolute Gasteiger partial charge is 0.496 e. The lowest BCUT2D eigenvalue weighted by atomic mass is 9.79. The average Bonchev–Trinajstić information content (AvgIpc) is 3.51. The number of nitrogens with zero attached hydrogens (tertiary/aromatic N) is 3. The van der Waals surface area contributed by atoms with Crippen molar-refractivity contribution in [2.24, 2.45) is 0 Å². The maximum atomic E-state index is 11.3. The number of rotatable bonds is 5. The fourth-order valence-corrected chi connectivity index (χ4v) is 5.29. The van der Waals surface area contributed by atoms with Gasteiger partial charge >= 0.3 is 14.2 Å². The van der Waals surface area contributed by atoms with Crippen LogP contribution >= 0.6 is 0 Å². The Kier molecular flexibility index (Phi) is 6.39. The summed E-state index contributed by atoms with van der Waals surface area (Å²) in [7, 11) is -1.12. The minimum absolute atomic E-state index is 0.132. The molecule has 4 aromatic rings. The van der Waals surface area contributed by atoms with Gasteiger partial charge in [0, 0.05) is 40.8 Å². The summed E-state index contributed by atoms with van der Waals surface area (Å²) < 4.78 is 25.3.